The molecule has 0 fully saturated rings. The fraction of sp³-hybridized carbons (Fsp3) is 0.200. The summed E-state index contributed by atoms with van der Waals surface area (Å²) in [6, 6.07) is 5.84. The number of oxime groups is 1. The summed E-state index contributed by atoms with van der Waals surface area (Å²) in [5.74, 6) is -0.368. The maximum atomic E-state index is 11.9. The van der Waals surface area contributed by atoms with Crippen molar-refractivity contribution in [2.24, 2.45) is 5.16 Å². The van der Waals surface area contributed by atoms with Crippen LogP contribution in [0.1, 0.15) is 12.0 Å². The lowest BCUT2D eigenvalue weighted by Gasteiger charge is -2.04. The van der Waals surface area contributed by atoms with Crippen LogP contribution in [0.3, 0.4) is 0 Å². The third-order valence-corrected chi connectivity index (χ3v) is 1.98. The molecule has 0 bridgehead atoms. The molecule has 1 heterocycles. The molecule has 1 aromatic carbocycles. The highest BCUT2D eigenvalue weighted by Crippen LogP contribution is 2.18. The van der Waals surface area contributed by atoms with Crippen LogP contribution in [0.4, 0.5) is 8.78 Å². The first-order chi connectivity index (χ1) is 7.65. The van der Waals surface area contributed by atoms with Crippen LogP contribution in [0.2, 0.25) is 0 Å². The molecule has 0 aliphatic carbocycles. The first-order valence-corrected chi connectivity index (χ1v) is 4.47. The van der Waals surface area contributed by atoms with Crippen LogP contribution in [-0.4, -0.2) is 18.3 Å². The summed E-state index contributed by atoms with van der Waals surface area (Å²) in [5.41, 5.74) is 1.13. The highest BCUT2D eigenvalue weighted by atomic mass is 19.3. The molecule has 16 heavy (non-hydrogen) atoms. The maximum Gasteiger partial charge on any atom is 0.387 e. The molecular formula is C10H7F2NO3. The molecule has 6 heteroatoms. The summed E-state index contributed by atoms with van der Waals surface area (Å²) in [4.78, 5) is 15.2. The fourth-order valence-electron chi connectivity index (χ4n) is 1.29. The summed E-state index contributed by atoms with van der Waals surface area (Å²) in [5, 5.41) is 3.56. The van der Waals surface area contributed by atoms with Gasteiger partial charge in [0.2, 0.25) is 0 Å². The van der Waals surface area contributed by atoms with Crippen LogP contribution in [0.25, 0.3) is 0 Å². The quantitative estimate of drug-likeness (QED) is 0.741. The zero-order valence-electron chi connectivity index (χ0n) is 8.02. The van der Waals surface area contributed by atoms with E-state index in [0.717, 1.165) is 0 Å². The van der Waals surface area contributed by atoms with Crippen molar-refractivity contribution >= 4 is 11.7 Å². The maximum absolute atomic E-state index is 11.9. The Bertz CT molecular complexity index is 428. The number of carbonyl (C=O) groups is 1. The van der Waals surface area contributed by atoms with Crippen molar-refractivity contribution in [1.82, 2.24) is 0 Å². The van der Waals surface area contributed by atoms with Gasteiger partial charge in [-0.3, -0.25) is 0 Å². The topological polar surface area (TPSA) is 47.9 Å². The Morgan fingerprint density at radius 2 is 2.00 bits per heavy atom. The van der Waals surface area contributed by atoms with Crippen molar-refractivity contribution in [3.8, 4) is 5.75 Å². The van der Waals surface area contributed by atoms with Crippen molar-refractivity contribution in [2.75, 3.05) is 0 Å². The van der Waals surface area contributed by atoms with E-state index in [2.05, 4.69) is 14.7 Å². The molecule has 0 unspecified atom stereocenters. The van der Waals surface area contributed by atoms with E-state index >= 15 is 0 Å². The smallest absolute Gasteiger partial charge is 0.387 e. The predicted octanol–water partition coefficient (Wildman–Crippen LogP) is 1.94. The normalized spacial score (nSPS) is 14.9. The Morgan fingerprint density at radius 1 is 1.31 bits per heavy atom. The van der Waals surface area contributed by atoms with Gasteiger partial charge in [-0.15, -0.1) is 0 Å². The summed E-state index contributed by atoms with van der Waals surface area (Å²) in [6.45, 7) is -2.85. The predicted molar refractivity (Wildman–Crippen MR) is 50.3 cm³/mol. The van der Waals surface area contributed by atoms with Crippen LogP contribution in [-0.2, 0) is 9.63 Å². The third kappa shape index (κ3) is 2.33. The molecule has 0 saturated carbocycles. The van der Waals surface area contributed by atoms with Gasteiger partial charge >= 0.3 is 12.6 Å². The first-order valence-electron chi connectivity index (χ1n) is 4.47. The molecule has 2 rings (SSSR count). The number of carbonyl (C=O) groups excluding carboxylic acids is 1. The summed E-state index contributed by atoms with van der Waals surface area (Å²) < 4.78 is 27.9. The lowest BCUT2D eigenvalue weighted by atomic mass is 10.1. The average molecular weight is 227 g/mol. The monoisotopic (exact) mass is 227 g/mol. The SMILES string of the molecule is O=C1CC(c2ccc(OC(F)F)cc2)=NO1. The number of hydrogen-bond acceptors (Lipinski definition) is 4. The Kier molecular flexibility index (Phi) is 2.80. The number of rotatable bonds is 3. The molecule has 0 atom stereocenters. The second-order valence-corrected chi connectivity index (χ2v) is 3.08. The molecule has 1 aliphatic rings. The molecule has 4 nitrogen and oxygen atoms in total. The van der Waals surface area contributed by atoms with Crippen molar-refractivity contribution in [3.05, 3.63) is 29.8 Å². The van der Waals surface area contributed by atoms with E-state index in [1.165, 1.54) is 12.1 Å². The van der Waals surface area contributed by atoms with Gasteiger partial charge in [0.05, 0.1) is 12.1 Å². The standard InChI is InChI=1S/C10H7F2NO3/c11-10(12)15-7-3-1-6(2-4-7)8-5-9(14)16-13-8/h1-4,10H,5H2. The van der Waals surface area contributed by atoms with Gasteiger partial charge in [0.1, 0.15) is 5.75 Å². The molecule has 0 N–H and O–H groups in total. The number of alkyl halides is 2. The van der Waals surface area contributed by atoms with Crippen LogP contribution in [0, 0.1) is 0 Å². The van der Waals surface area contributed by atoms with Crippen molar-refractivity contribution in [3.63, 3.8) is 0 Å². The Labute approximate surface area is 89.5 Å². The number of benzene rings is 1. The second-order valence-electron chi connectivity index (χ2n) is 3.08. The highest BCUT2D eigenvalue weighted by molar-refractivity contribution is 6.11. The van der Waals surface area contributed by atoms with E-state index in [9.17, 15) is 13.6 Å². The van der Waals surface area contributed by atoms with Gasteiger partial charge in [0, 0.05) is 5.56 Å². The number of nitrogens with zero attached hydrogens (tertiary/aromatic N) is 1. The molecule has 0 saturated heterocycles. The van der Waals surface area contributed by atoms with E-state index in [-0.39, 0.29) is 12.2 Å². The van der Waals surface area contributed by atoms with Crippen molar-refractivity contribution < 1.29 is 23.1 Å². The molecule has 84 valence electrons. The molecular weight excluding hydrogens is 220 g/mol. The first kappa shape index (κ1) is 10.5. The summed E-state index contributed by atoms with van der Waals surface area (Å²) >= 11 is 0. The van der Waals surface area contributed by atoms with Gasteiger partial charge in [-0.1, -0.05) is 5.16 Å². The zero-order chi connectivity index (χ0) is 11.5. The van der Waals surface area contributed by atoms with Crippen LogP contribution >= 0.6 is 0 Å². The third-order valence-electron chi connectivity index (χ3n) is 1.98. The average Bonchev–Trinajstić information content (AvgIpc) is 2.65. The highest BCUT2D eigenvalue weighted by Gasteiger charge is 2.18. The molecule has 0 amide bonds. The van der Waals surface area contributed by atoms with Gasteiger partial charge in [0.15, 0.2) is 0 Å². The molecule has 0 spiro atoms. The van der Waals surface area contributed by atoms with E-state index < -0.39 is 12.6 Å². The molecule has 1 aromatic rings. The Balaban J connectivity index is 2.10. The van der Waals surface area contributed by atoms with Gasteiger partial charge in [0.25, 0.3) is 0 Å². The van der Waals surface area contributed by atoms with Crippen molar-refractivity contribution in [1.29, 1.82) is 0 Å². The number of hydrogen-bond donors (Lipinski definition) is 0. The van der Waals surface area contributed by atoms with E-state index in [1.54, 1.807) is 12.1 Å². The number of ether oxygens (including phenoxy) is 1. The largest absolute Gasteiger partial charge is 0.435 e. The van der Waals surface area contributed by atoms with Gasteiger partial charge < -0.3 is 9.57 Å². The van der Waals surface area contributed by atoms with E-state index in [0.29, 0.717) is 11.3 Å². The minimum atomic E-state index is -2.85. The minimum absolute atomic E-state index is 0.0598. The summed E-state index contributed by atoms with van der Waals surface area (Å²) in [7, 11) is 0. The molecule has 1 aliphatic heterocycles. The lowest BCUT2D eigenvalue weighted by molar-refractivity contribution is -0.140. The Hall–Kier alpha value is -1.98. The minimum Gasteiger partial charge on any atom is -0.435 e. The van der Waals surface area contributed by atoms with E-state index in [4.69, 9.17) is 0 Å². The van der Waals surface area contributed by atoms with Gasteiger partial charge in [-0.25, -0.2) is 4.79 Å². The van der Waals surface area contributed by atoms with Crippen LogP contribution in [0.5, 0.6) is 5.75 Å². The van der Waals surface area contributed by atoms with E-state index in [1.807, 2.05) is 0 Å². The van der Waals surface area contributed by atoms with Crippen LogP contribution < -0.4 is 4.74 Å². The van der Waals surface area contributed by atoms with Crippen molar-refractivity contribution in [2.45, 2.75) is 13.0 Å². The second kappa shape index (κ2) is 4.26. The van der Waals surface area contributed by atoms with Gasteiger partial charge in [-0.2, -0.15) is 8.78 Å². The Morgan fingerprint density at radius 3 is 2.50 bits per heavy atom. The number of halogens is 2. The molecule has 0 aromatic heterocycles. The fourth-order valence-corrected chi connectivity index (χ4v) is 1.29. The van der Waals surface area contributed by atoms with Crippen LogP contribution in [0.15, 0.2) is 29.4 Å². The van der Waals surface area contributed by atoms with Gasteiger partial charge in [-0.05, 0) is 24.3 Å². The summed E-state index contributed by atoms with van der Waals surface area (Å²) in [6.07, 6.45) is 0.0923. The zero-order valence-corrected chi connectivity index (χ0v) is 8.02. The molecule has 0 radical (unpaired) electrons. The lowest BCUT2D eigenvalue weighted by Crippen LogP contribution is -2.03.